The average molecular weight is 601 g/mol. The number of nitrogens with one attached hydrogen (secondary N) is 2. The van der Waals surface area contributed by atoms with Crippen LogP contribution >= 0.6 is 22.6 Å². The Morgan fingerprint density at radius 3 is 2.47 bits per heavy atom. The van der Waals surface area contributed by atoms with E-state index in [0.717, 1.165) is 0 Å². The van der Waals surface area contributed by atoms with Crippen molar-refractivity contribution >= 4 is 49.8 Å². The zero-order chi connectivity index (χ0) is 24.8. The number of ether oxygens (including phenoxy) is 1. The Kier molecular flexibility index (Phi) is 6.60. The zero-order valence-corrected chi connectivity index (χ0v) is 21.5. The molecule has 11 heteroatoms. The summed E-state index contributed by atoms with van der Waals surface area (Å²) in [6, 6.07) is 10.3. The Morgan fingerprint density at radius 1 is 1.09 bits per heavy atom. The first-order valence-electron chi connectivity index (χ1n) is 10.3. The predicted molar refractivity (Wildman–Crippen MR) is 135 cm³/mol. The number of aromatic nitrogens is 1. The summed E-state index contributed by atoms with van der Waals surface area (Å²) in [7, 11) is -1.07. The fraction of sp³-hybridized carbons (Fsp3) is 0.261. The van der Waals surface area contributed by atoms with E-state index in [4.69, 9.17) is 4.74 Å². The number of hydrogen-bond donors (Lipinski definition) is 2. The molecule has 7 nitrogen and oxygen atoms in total. The highest BCUT2D eigenvalue weighted by Crippen LogP contribution is 2.47. The molecule has 3 aromatic rings. The first kappa shape index (κ1) is 24.5. The molecule has 0 aliphatic heterocycles. The molecule has 2 unspecified atom stereocenters. The minimum atomic E-state index is -3.90. The van der Waals surface area contributed by atoms with Gasteiger partial charge in [0.25, 0.3) is 5.56 Å². The van der Waals surface area contributed by atoms with Crippen molar-refractivity contribution in [1.29, 1.82) is 0 Å². The van der Waals surface area contributed by atoms with Crippen molar-refractivity contribution < 1.29 is 21.9 Å². The van der Waals surface area contributed by atoms with Gasteiger partial charge in [-0.15, -0.1) is 0 Å². The Bertz CT molecular complexity index is 1440. The number of nitrogens with zero attached hydrogens (tertiary/aromatic N) is 1. The van der Waals surface area contributed by atoms with Gasteiger partial charge in [-0.3, -0.25) is 14.1 Å². The van der Waals surface area contributed by atoms with Crippen LogP contribution in [0, 0.1) is 22.1 Å². The number of anilines is 3. The quantitative estimate of drug-likeness (QED) is 0.386. The number of hydrogen-bond acceptors (Lipinski definition) is 5. The SMILES string of the molecule is COc1ccc(C2CC2S(=O)(=O)Nc2cc(C)c(=O)n(C)c2Nc2ccc(I)cc2F)cc1F. The molecule has 0 spiro atoms. The van der Waals surface area contributed by atoms with Crippen molar-refractivity contribution in [2.24, 2.45) is 7.05 Å². The summed E-state index contributed by atoms with van der Waals surface area (Å²) in [6.07, 6.45) is 0.320. The number of halogens is 3. The summed E-state index contributed by atoms with van der Waals surface area (Å²) in [6.45, 7) is 1.56. The second kappa shape index (κ2) is 9.17. The van der Waals surface area contributed by atoms with E-state index in [9.17, 15) is 22.0 Å². The van der Waals surface area contributed by atoms with Gasteiger partial charge in [0.2, 0.25) is 10.0 Å². The Morgan fingerprint density at radius 2 is 1.82 bits per heavy atom. The van der Waals surface area contributed by atoms with E-state index in [1.807, 2.05) is 22.6 Å². The van der Waals surface area contributed by atoms with E-state index in [1.54, 1.807) is 19.1 Å². The first-order valence-corrected chi connectivity index (χ1v) is 12.9. The smallest absolute Gasteiger partial charge is 0.254 e. The molecule has 2 atom stereocenters. The second-order valence-electron chi connectivity index (χ2n) is 8.12. The van der Waals surface area contributed by atoms with Crippen LogP contribution in [-0.2, 0) is 17.1 Å². The third kappa shape index (κ3) is 4.76. The number of aryl methyl sites for hydroxylation is 1. The molecular formula is C23H22F2IN3O4S. The number of pyridine rings is 1. The lowest BCUT2D eigenvalue weighted by Gasteiger charge is -2.19. The van der Waals surface area contributed by atoms with Crippen LogP contribution in [0.1, 0.15) is 23.5 Å². The van der Waals surface area contributed by atoms with Gasteiger partial charge in [0.05, 0.1) is 23.7 Å². The summed E-state index contributed by atoms with van der Waals surface area (Å²) in [5, 5.41) is 2.07. The van der Waals surface area contributed by atoms with Crippen LogP contribution in [0.4, 0.5) is 26.0 Å². The molecule has 1 heterocycles. The first-order chi connectivity index (χ1) is 16.0. The molecule has 2 N–H and O–H groups in total. The van der Waals surface area contributed by atoms with E-state index in [-0.39, 0.29) is 34.4 Å². The van der Waals surface area contributed by atoms with Gasteiger partial charge in [-0.05, 0) is 77.9 Å². The summed E-state index contributed by atoms with van der Waals surface area (Å²) >= 11 is 1.98. The average Bonchev–Trinajstić information content (AvgIpc) is 3.58. The molecule has 0 radical (unpaired) electrons. The lowest BCUT2D eigenvalue weighted by atomic mass is 10.1. The van der Waals surface area contributed by atoms with Crippen molar-refractivity contribution in [2.45, 2.75) is 24.5 Å². The van der Waals surface area contributed by atoms with Gasteiger partial charge in [-0.2, -0.15) is 0 Å². The maximum absolute atomic E-state index is 14.4. The van der Waals surface area contributed by atoms with E-state index < -0.39 is 26.9 Å². The van der Waals surface area contributed by atoms with Gasteiger partial charge in [-0.1, -0.05) is 6.07 Å². The molecule has 0 saturated heterocycles. The minimum Gasteiger partial charge on any atom is -0.494 e. The molecule has 1 aliphatic rings. The summed E-state index contributed by atoms with van der Waals surface area (Å²) in [5.74, 6) is -1.29. The fourth-order valence-corrected chi connectivity index (χ4v) is 5.97. The maximum Gasteiger partial charge on any atom is 0.254 e. The lowest BCUT2D eigenvalue weighted by Crippen LogP contribution is -2.26. The molecule has 4 rings (SSSR count). The standard InChI is InChI=1S/C23H22F2IN3O4S/c1-12-8-19(22(29(2)23(12)30)27-18-6-5-14(26)10-16(18)24)28-34(31,32)21-11-15(21)13-4-7-20(33-3)17(25)9-13/h4-10,15,21,27-28H,11H2,1-3H3. The van der Waals surface area contributed by atoms with Crippen molar-refractivity contribution in [1.82, 2.24) is 4.57 Å². The second-order valence-corrected chi connectivity index (χ2v) is 11.3. The summed E-state index contributed by atoms with van der Waals surface area (Å²) in [5.41, 5.74) is 0.735. The van der Waals surface area contributed by atoms with Crippen LogP contribution in [0.15, 0.2) is 47.3 Å². The predicted octanol–water partition coefficient (Wildman–Crippen LogP) is 4.63. The van der Waals surface area contributed by atoms with Gasteiger partial charge in [0.1, 0.15) is 11.6 Å². The topological polar surface area (TPSA) is 89.4 Å². The largest absolute Gasteiger partial charge is 0.494 e. The lowest BCUT2D eigenvalue weighted by molar-refractivity contribution is 0.386. The molecule has 0 amide bonds. The van der Waals surface area contributed by atoms with Gasteiger partial charge in [0, 0.05) is 22.1 Å². The fourth-order valence-electron chi connectivity index (χ4n) is 3.85. The molecule has 1 aromatic heterocycles. The van der Waals surface area contributed by atoms with Crippen LogP contribution in [0.2, 0.25) is 0 Å². The summed E-state index contributed by atoms with van der Waals surface area (Å²) in [4.78, 5) is 12.5. The van der Waals surface area contributed by atoms with Crippen molar-refractivity contribution in [3.05, 3.63) is 79.1 Å². The highest BCUT2D eigenvalue weighted by molar-refractivity contribution is 14.1. The Balaban J connectivity index is 1.64. The van der Waals surface area contributed by atoms with Crippen molar-refractivity contribution in [3.63, 3.8) is 0 Å². The van der Waals surface area contributed by atoms with E-state index in [2.05, 4.69) is 10.0 Å². The normalized spacial score (nSPS) is 17.4. The number of methoxy groups -OCH3 is 1. The van der Waals surface area contributed by atoms with Crippen molar-refractivity contribution in [2.75, 3.05) is 17.1 Å². The van der Waals surface area contributed by atoms with Crippen LogP contribution in [-0.4, -0.2) is 25.3 Å². The van der Waals surface area contributed by atoms with Crippen LogP contribution in [0.25, 0.3) is 0 Å². The van der Waals surface area contributed by atoms with Gasteiger partial charge in [0.15, 0.2) is 11.6 Å². The monoisotopic (exact) mass is 601 g/mol. The van der Waals surface area contributed by atoms with Gasteiger partial charge in [-0.25, -0.2) is 17.2 Å². The molecule has 0 bridgehead atoms. The number of sulfonamides is 1. The molecule has 34 heavy (non-hydrogen) atoms. The van der Waals surface area contributed by atoms with Gasteiger partial charge < -0.3 is 10.1 Å². The molecular weight excluding hydrogens is 579 g/mol. The highest BCUT2D eigenvalue weighted by Gasteiger charge is 2.48. The van der Waals surface area contributed by atoms with Crippen LogP contribution in [0.3, 0.4) is 0 Å². The summed E-state index contributed by atoms with van der Waals surface area (Å²) < 4.78 is 64.2. The highest BCUT2D eigenvalue weighted by atomic mass is 127. The van der Waals surface area contributed by atoms with E-state index in [0.29, 0.717) is 21.1 Å². The molecule has 1 saturated carbocycles. The maximum atomic E-state index is 14.4. The number of benzene rings is 2. The van der Waals surface area contributed by atoms with Crippen LogP contribution in [0.5, 0.6) is 5.75 Å². The van der Waals surface area contributed by atoms with Gasteiger partial charge >= 0.3 is 0 Å². The molecule has 2 aromatic carbocycles. The Labute approximate surface area is 209 Å². The minimum absolute atomic E-state index is 0.0844. The molecule has 1 fully saturated rings. The third-order valence-corrected chi connectivity index (χ3v) is 8.26. The zero-order valence-electron chi connectivity index (χ0n) is 18.5. The van der Waals surface area contributed by atoms with Crippen LogP contribution < -0.4 is 20.3 Å². The Hall–Kier alpha value is -2.67. The van der Waals surface area contributed by atoms with E-state index in [1.165, 1.54) is 49.1 Å². The van der Waals surface area contributed by atoms with E-state index >= 15 is 0 Å². The number of rotatable bonds is 7. The van der Waals surface area contributed by atoms with Crippen molar-refractivity contribution in [3.8, 4) is 5.75 Å². The molecule has 1 aliphatic carbocycles. The third-order valence-electron chi connectivity index (χ3n) is 5.76. The molecule has 180 valence electrons.